The molecular formula is C9H11BrN2O2. The fourth-order valence-corrected chi connectivity index (χ4v) is 1.20. The van der Waals surface area contributed by atoms with Gasteiger partial charge in [-0.15, -0.1) is 0 Å². The highest BCUT2D eigenvalue weighted by molar-refractivity contribution is 9.11. The van der Waals surface area contributed by atoms with Crippen LogP contribution in [0.1, 0.15) is 17.3 Å². The molecule has 0 saturated carbocycles. The average molecular weight is 259 g/mol. The van der Waals surface area contributed by atoms with Crippen LogP contribution in [0, 0.1) is 0 Å². The third-order valence-corrected chi connectivity index (χ3v) is 1.73. The summed E-state index contributed by atoms with van der Waals surface area (Å²) in [5, 5.41) is 3.98. The number of nitrogens with zero attached hydrogens (tertiary/aromatic N) is 2. The number of allylic oxidation sites excluding steroid dienone is 1. The van der Waals surface area contributed by atoms with Gasteiger partial charge in [0.1, 0.15) is 0 Å². The maximum Gasteiger partial charge on any atom is 0.341 e. The number of hydrogen-bond acceptors (Lipinski definition) is 3. The molecule has 1 aromatic heterocycles. The van der Waals surface area contributed by atoms with Gasteiger partial charge >= 0.3 is 5.97 Å². The molecule has 0 radical (unpaired) electrons. The van der Waals surface area contributed by atoms with Gasteiger partial charge in [0.2, 0.25) is 0 Å². The highest BCUT2D eigenvalue weighted by Crippen LogP contribution is 2.06. The van der Waals surface area contributed by atoms with Gasteiger partial charge in [0.15, 0.2) is 0 Å². The first kappa shape index (κ1) is 11.0. The Morgan fingerprint density at radius 1 is 1.79 bits per heavy atom. The summed E-state index contributed by atoms with van der Waals surface area (Å²) in [5.74, 6) is -0.348. The summed E-state index contributed by atoms with van der Waals surface area (Å²) in [6.07, 6.45) is 3.11. The van der Waals surface area contributed by atoms with E-state index in [1.807, 2.05) is 0 Å². The molecular weight excluding hydrogens is 248 g/mol. The minimum Gasteiger partial charge on any atom is -0.462 e. The van der Waals surface area contributed by atoms with Gasteiger partial charge in [-0.05, 0) is 6.92 Å². The lowest BCUT2D eigenvalue weighted by Crippen LogP contribution is -2.03. The van der Waals surface area contributed by atoms with Crippen molar-refractivity contribution in [3.8, 4) is 0 Å². The monoisotopic (exact) mass is 258 g/mol. The number of hydrogen-bond donors (Lipinski definition) is 0. The molecule has 4 nitrogen and oxygen atoms in total. The standard InChI is InChI=1S/C9H11BrN2O2/c1-3-14-9(13)8-4-11-12(6-8)5-7(2)10/h4,6H,2-3,5H2,1H3. The molecule has 1 aromatic rings. The van der Waals surface area contributed by atoms with Gasteiger partial charge in [0.05, 0.1) is 24.9 Å². The highest BCUT2D eigenvalue weighted by Gasteiger charge is 2.08. The van der Waals surface area contributed by atoms with Gasteiger partial charge in [0, 0.05) is 10.7 Å². The molecule has 0 aromatic carbocycles. The van der Waals surface area contributed by atoms with Crippen molar-refractivity contribution in [3.05, 3.63) is 29.0 Å². The van der Waals surface area contributed by atoms with Crippen molar-refractivity contribution in [2.45, 2.75) is 13.5 Å². The van der Waals surface area contributed by atoms with Crippen LogP contribution in [0.3, 0.4) is 0 Å². The highest BCUT2D eigenvalue weighted by atomic mass is 79.9. The summed E-state index contributed by atoms with van der Waals surface area (Å²) < 4.78 is 7.24. The summed E-state index contributed by atoms with van der Waals surface area (Å²) in [4.78, 5) is 11.2. The van der Waals surface area contributed by atoms with E-state index in [-0.39, 0.29) is 5.97 Å². The van der Waals surface area contributed by atoms with Gasteiger partial charge in [-0.1, -0.05) is 22.5 Å². The SMILES string of the molecule is C=C(Br)Cn1cc(C(=O)OCC)cn1. The van der Waals surface area contributed by atoms with E-state index >= 15 is 0 Å². The van der Waals surface area contributed by atoms with Crippen molar-refractivity contribution >= 4 is 21.9 Å². The summed E-state index contributed by atoms with van der Waals surface area (Å²) >= 11 is 3.22. The molecule has 0 aliphatic heterocycles. The van der Waals surface area contributed by atoms with E-state index in [1.54, 1.807) is 17.8 Å². The Kier molecular flexibility index (Phi) is 3.88. The molecule has 0 N–H and O–H groups in total. The van der Waals surface area contributed by atoms with Crippen LogP contribution in [0.5, 0.6) is 0 Å². The molecule has 1 heterocycles. The molecule has 0 saturated heterocycles. The van der Waals surface area contributed by atoms with Gasteiger partial charge in [-0.3, -0.25) is 4.68 Å². The largest absolute Gasteiger partial charge is 0.462 e. The molecule has 0 unspecified atom stereocenters. The zero-order valence-corrected chi connectivity index (χ0v) is 9.45. The molecule has 0 amide bonds. The minimum absolute atomic E-state index is 0.348. The van der Waals surface area contributed by atoms with Gasteiger partial charge < -0.3 is 4.74 Å². The van der Waals surface area contributed by atoms with Crippen molar-refractivity contribution in [1.29, 1.82) is 0 Å². The Labute approximate surface area is 90.7 Å². The smallest absolute Gasteiger partial charge is 0.341 e. The van der Waals surface area contributed by atoms with Crippen molar-refractivity contribution < 1.29 is 9.53 Å². The van der Waals surface area contributed by atoms with Gasteiger partial charge in [-0.25, -0.2) is 4.79 Å². The molecule has 0 bridgehead atoms. The maximum atomic E-state index is 11.2. The number of halogens is 1. The number of carbonyl (C=O) groups is 1. The number of ether oxygens (including phenoxy) is 1. The quantitative estimate of drug-likeness (QED) is 0.776. The molecule has 0 aliphatic carbocycles. The van der Waals surface area contributed by atoms with E-state index < -0.39 is 0 Å². The van der Waals surface area contributed by atoms with Crippen LogP contribution in [0.2, 0.25) is 0 Å². The first-order valence-corrected chi connectivity index (χ1v) is 4.95. The van der Waals surface area contributed by atoms with Crippen LogP contribution >= 0.6 is 15.9 Å². The Hall–Kier alpha value is -1.10. The number of esters is 1. The van der Waals surface area contributed by atoms with Crippen LogP contribution in [0.4, 0.5) is 0 Å². The van der Waals surface area contributed by atoms with Crippen molar-refractivity contribution in [2.75, 3.05) is 6.61 Å². The lowest BCUT2D eigenvalue weighted by Gasteiger charge is -1.98. The van der Waals surface area contributed by atoms with Crippen LogP contribution in [-0.2, 0) is 11.3 Å². The number of carbonyl (C=O) groups excluding carboxylic acids is 1. The first-order chi connectivity index (χ1) is 6.63. The Morgan fingerprint density at radius 2 is 2.50 bits per heavy atom. The lowest BCUT2D eigenvalue weighted by molar-refractivity contribution is 0.0526. The van der Waals surface area contributed by atoms with E-state index in [0.29, 0.717) is 18.7 Å². The first-order valence-electron chi connectivity index (χ1n) is 4.16. The van der Waals surface area contributed by atoms with Crippen molar-refractivity contribution in [2.24, 2.45) is 0 Å². The van der Waals surface area contributed by atoms with Gasteiger partial charge in [-0.2, -0.15) is 5.10 Å². The van der Waals surface area contributed by atoms with E-state index in [1.165, 1.54) is 6.20 Å². The minimum atomic E-state index is -0.348. The van der Waals surface area contributed by atoms with Crippen LogP contribution in [0.15, 0.2) is 23.5 Å². The third kappa shape index (κ3) is 2.99. The predicted octanol–water partition coefficient (Wildman–Crippen LogP) is 1.97. The summed E-state index contributed by atoms with van der Waals surface area (Å²) in [6, 6.07) is 0. The second-order valence-electron chi connectivity index (χ2n) is 2.66. The Balaban J connectivity index is 2.67. The Morgan fingerprint density at radius 3 is 3.07 bits per heavy atom. The zero-order valence-electron chi connectivity index (χ0n) is 7.86. The molecule has 0 spiro atoms. The molecule has 5 heteroatoms. The summed E-state index contributed by atoms with van der Waals surface area (Å²) in [7, 11) is 0. The Bertz CT molecular complexity index is 346. The molecule has 0 fully saturated rings. The average Bonchev–Trinajstić information content (AvgIpc) is 2.52. The molecule has 14 heavy (non-hydrogen) atoms. The lowest BCUT2D eigenvalue weighted by atomic mass is 10.4. The predicted molar refractivity (Wildman–Crippen MR) is 56.3 cm³/mol. The second kappa shape index (κ2) is 4.95. The fourth-order valence-electron chi connectivity index (χ4n) is 0.946. The van der Waals surface area contributed by atoms with Crippen LogP contribution in [-0.4, -0.2) is 22.4 Å². The van der Waals surface area contributed by atoms with E-state index in [0.717, 1.165) is 4.48 Å². The van der Waals surface area contributed by atoms with E-state index in [4.69, 9.17) is 4.74 Å². The van der Waals surface area contributed by atoms with Crippen molar-refractivity contribution in [1.82, 2.24) is 9.78 Å². The molecule has 76 valence electrons. The third-order valence-electron chi connectivity index (χ3n) is 1.48. The maximum absolute atomic E-state index is 11.2. The number of rotatable bonds is 4. The molecule has 1 rings (SSSR count). The topological polar surface area (TPSA) is 44.1 Å². The van der Waals surface area contributed by atoms with Gasteiger partial charge in [0.25, 0.3) is 0 Å². The number of aromatic nitrogens is 2. The van der Waals surface area contributed by atoms with E-state index in [9.17, 15) is 4.79 Å². The van der Waals surface area contributed by atoms with Crippen molar-refractivity contribution in [3.63, 3.8) is 0 Å². The zero-order chi connectivity index (χ0) is 10.6. The molecule has 0 atom stereocenters. The molecule has 0 aliphatic rings. The second-order valence-corrected chi connectivity index (χ2v) is 3.79. The van der Waals surface area contributed by atoms with Crippen LogP contribution < -0.4 is 0 Å². The summed E-state index contributed by atoms with van der Waals surface area (Å²) in [5.41, 5.74) is 0.459. The summed E-state index contributed by atoms with van der Waals surface area (Å²) in [6.45, 7) is 6.36. The fraction of sp³-hybridized carbons (Fsp3) is 0.333. The normalized spacial score (nSPS) is 9.86. The van der Waals surface area contributed by atoms with Crippen LogP contribution in [0.25, 0.3) is 0 Å². The van der Waals surface area contributed by atoms with E-state index in [2.05, 4.69) is 27.6 Å².